The molecule has 0 radical (unpaired) electrons. The van der Waals surface area contributed by atoms with E-state index in [1.54, 1.807) is 29.2 Å². The Bertz CT molecular complexity index is 1370. The number of fused-ring (bicyclic) bond motifs is 1. The highest BCUT2D eigenvalue weighted by molar-refractivity contribution is 7.92. The Morgan fingerprint density at radius 2 is 1.88 bits per heavy atom. The molecule has 1 unspecified atom stereocenters. The number of sulfonamides is 1. The van der Waals surface area contributed by atoms with E-state index in [-0.39, 0.29) is 18.2 Å². The number of benzene rings is 2. The topological polar surface area (TPSA) is 108 Å². The van der Waals surface area contributed by atoms with E-state index in [1.807, 2.05) is 11.4 Å². The maximum absolute atomic E-state index is 12.9. The molecule has 2 amide bonds. The van der Waals surface area contributed by atoms with E-state index in [0.717, 1.165) is 36.8 Å². The van der Waals surface area contributed by atoms with Gasteiger partial charge in [0.05, 0.1) is 17.9 Å². The summed E-state index contributed by atoms with van der Waals surface area (Å²) in [6.45, 7) is 0.358. The average molecular weight is 497 g/mol. The zero-order valence-electron chi connectivity index (χ0n) is 18.6. The van der Waals surface area contributed by atoms with Crippen LogP contribution < -0.4 is 14.9 Å². The van der Waals surface area contributed by atoms with Gasteiger partial charge in [0.15, 0.2) is 5.13 Å². The Kier molecular flexibility index (Phi) is 5.86. The Labute approximate surface area is 202 Å². The van der Waals surface area contributed by atoms with Crippen molar-refractivity contribution in [3.8, 4) is 11.3 Å². The van der Waals surface area contributed by atoms with E-state index in [2.05, 4.69) is 27.2 Å². The number of rotatable bonds is 6. The van der Waals surface area contributed by atoms with Crippen LogP contribution in [0.1, 0.15) is 24.0 Å². The van der Waals surface area contributed by atoms with Crippen LogP contribution in [0.5, 0.6) is 0 Å². The monoisotopic (exact) mass is 496 g/mol. The van der Waals surface area contributed by atoms with Gasteiger partial charge in [0.2, 0.25) is 21.8 Å². The van der Waals surface area contributed by atoms with Crippen LogP contribution in [0.3, 0.4) is 0 Å². The second-order valence-corrected chi connectivity index (χ2v) is 11.3. The summed E-state index contributed by atoms with van der Waals surface area (Å²) in [5, 5.41) is 5.13. The van der Waals surface area contributed by atoms with Crippen molar-refractivity contribution in [2.45, 2.75) is 25.7 Å². The second kappa shape index (κ2) is 8.84. The van der Waals surface area contributed by atoms with Gasteiger partial charge in [-0.25, -0.2) is 13.4 Å². The van der Waals surface area contributed by atoms with Crippen LogP contribution in [-0.2, 0) is 32.5 Å². The molecule has 2 N–H and O–H groups in total. The number of carbonyl (C=O) groups is 2. The molecular weight excluding hydrogens is 472 g/mol. The number of amides is 2. The molecular formula is C24H24N4O4S2. The molecule has 0 saturated carbocycles. The summed E-state index contributed by atoms with van der Waals surface area (Å²) in [4.78, 5) is 31.7. The first kappa shape index (κ1) is 22.5. The Morgan fingerprint density at radius 1 is 1.12 bits per heavy atom. The number of hydrogen-bond acceptors (Lipinski definition) is 6. The molecule has 1 saturated heterocycles. The summed E-state index contributed by atoms with van der Waals surface area (Å²) < 4.78 is 25.1. The highest BCUT2D eigenvalue weighted by Crippen LogP contribution is 2.32. The second-order valence-electron chi connectivity index (χ2n) is 8.69. The van der Waals surface area contributed by atoms with E-state index in [0.29, 0.717) is 23.1 Å². The fraction of sp³-hybridized carbons (Fsp3) is 0.292. The summed E-state index contributed by atoms with van der Waals surface area (Å²) >= 11 is 1.30. The molecule has 1 fully saturated rings. The third-order valence-electron chi connectivity index (χ3n) is 6.11. The molecule has 1 atom stereocenters. The summed E-state index contributed by atoms with van der Waals surface area (Å²) in [5.74, 6) is -0.694. The van der Waals surface area contributed by atoms with Crippen LogP contribution in [0.15, 0.2) is 47.8 Å². The minimum Gasteiger partial charge on any atom is -0.312 e. The van der Waals surface area contributed by atoms with E-state index in [9.17, 15) is 18.0 Å². The molecule has 1 aliphatic heterocycles. The molecule has 1 aliphatic carbocycles. The predicted molar refractivity (Wildman–Crippen MR) is 134 cm³/mol. The van der Waals surface area contributed by atoms with Crippen molar-refractivity contribution in [3.05, 3.63) is 59.0 Å². The SMILES string of the molecule is CS(=O)(=O)Nc1ccc(-c2csc(NC(=O)C3CC(=O)N(c4ccc5c(c4)CCC5)C3)n2)cc1. The van der Waals surface area contributed by atoms with Gasteiger partial charge in [-0.1, -0.05) is 18.2 Å². The lowest BCUT2D eigenvalue weighted by Crippen LogP contribution is -2.28. The number of nitrogens with zero attached hydrogens (tertiary/aromatic N) is 2. The van der Waals surface area contributed by atoms with E-state index in [4.69, 9.17) is 0 Å². The van der Waals surface area contributed by atoms with Gasteiger partial charge < -0.3 is 10.2 Å². The normalized spacial score (nSPS) is 17.6. The van der Waals surface area contributed by atoms with E-state index >= 15 is 0 Å². The Morgan fingerprint density at radius 3 is 2.65 bits per heavy atom. The van der Waals surface area contributed by atoms with Crippen LogP contribution in [-0.4, -0.2) is 38.0 Å². The highest BCUT2D eigenvalue weighted by atomic mass is 32.2. The zero-order valence-corrected chi connectivity index (χ0v) is 20.2. The van der Waals surface area contributed by atoms with E-state index < -0.39 is 15.9 Å². The van der Waals surface area contributed by atoms with Crippen molar-refractivity contribution in [2.75, 3.05) is 27.7 Å². The first-order valence-electron chi connectivity index (χ1n) is 11.0. The first-order valence-corrected chi connectivity index (χ1v) is 13.8. The largest absolute Gasteiger partial charge is 0.312 e. The standard InChI is InChI=1S/C24H24N4O4S2/c1-34(31,32)27-19-8-5-16(6-9-19)21-14-33-24(25-21)26-23(30)18-12-22(29)28(13-18)20-10-7-15-3-2-4-17(15)11-20/h5-11,14,18,27H,2-4,12-13H2,1H3,(H,25,26,30). The molecule has 2 aromatic carbocycles. The minimum absolute atomic E-state index is 0.0410. The zero-order chi connectivity index (χ0) is 23.9. The van der Waals surface area contributed by atoms with Crippen LogP contribution in [0.4, 0.5) is 16.5 Å². The smallest absolute Gasteiger partial charge is 0.231 e. The van der Waals surface area contributed by atoms with Crippen molar-refractivity contribution >= 4 is 49.7 Å². The predicted octanol–water partition coefficient (Wildman–Crippen LogP) is 3.66. The maximum atomic E-state index is 12.9. The van der Waals surface area contributed by atoms with Gasteiger partial charge in [-0.2, -0.15) is 0 Å². The number of anilines is 3. The fourth-order valence-electron chi connectivity index (χ4n) is 4.45. The molecule has 10 heteroatoms. The molecule has 176 valence electrons. The summed E-state index contributed by atoms with van der Waals surface area (Å²) in [6, 6.07) is 13.0. The van der Waals surface area contributed by atoms with Crippen molar-refractivity contribution in [3.63, 3.8) is 0 Å². The molecule has 34 heavy (non-hydrogen) atoms. The summed E-state index contributed by atoms with van der Waals surface area (Å²) in [5.41, 5.74) is 5.46. The lowest BCUT2D eigenvalue weighted by molar-refractivity contribution is -0.122. The lowest BCUT2D eigenvalue weighted by Gasteiger charge is -2.17. The molecule has 0 bridgehead atoms. The van der Waals surface area contributed by atoms with Gasteiger partial charge in [0, 0.05) is 35.3 Å². The molecule has 8 nitrogen and oxygen atoms in total. The van der Waals surface area contributed by atoms with Crippen molar-refractivity contribution < 1.29 is 18.0 Å². The van der Waals surface area contributed by atoms with Gasteiger partial charge in [-0.15, -0.1) is 11.3 Å². The van der Waals surface area contributed by atoms with Crippen LogP contribution in [0.2, 0.25) is 0 Å². The van der Waals surface area contributed by atoms with Gasteiger partial charge in [-0.05, 0) is 54.7 Å². The molecule has 1 aromatic heterocycles. The van der Waals surface area contributed by atoms with E-state index in [1.165, 1.54) is 22.5 Å². The maximum Gasteiger partial charge on any atom is 0.231 e. The Balaban J connectivity index is 1.23. The lowest BCUT2D eigenvalue weighted by atomic mass is 10.1. The van der Waals surface area contributed by atoms with Crippen molar-refractivity contribution in [1.29, 1.82) is 0 Å². The molecule has 2 aliphatic rings. The number of hydrogen-bond donors (Lipinski definition) is 2. The third-order valence-corrected chi connectivity index (χ3v) is 7.47. The number of aryl methyl sites for hydroxylation is 2. The minimum atomic E-state index is -3.34. The number of thiazole rings is 1. The van der Waals surface area contributed by atoms with Gasteiger partial charge >= 0.3 is 0 Å². The third kappa shape index (κ3) is 4.83. The van der Waals surface area contributed by atoms with Gasteiger partial charge in [0.25, 0.3) is 0 Å². The van der Waals surface area contributed by atoms with Crippen LogP contribution in [0.25, 0.3) is 11.3 Å². The van der Waals surface area contributed by atoms with Crippen LogP contribution >= 0.6 is 11.3 Å². The first-order chi connectivity index (χ1) is 16.2. The summed E-state index contributed by atoms with van der Waals surface area (Å²) in [7, 11) is -3.34. The molecule has 3 aromatic rings. The van der Waals surface area contributed by atoms with Gasteiger partial charge in [-0.3, -0.25) is 14.3 Å². The highest BCUT2D eigenvalue weighted by Gasteiger charge is 2.35. The number of carbonyl (C=O) groups excluding carboxylic acids is 2. The van der Waals surface area contributed by atoms with Crippen molar-refractivity contribution in [1.82, 2.24) is 4.98 Å². The quantitative estimate of drug-likeness (QED) is 0.541. The molecule has 2 heterocycles. The van der Waals surface area contributed by atoms with Gasteiger partial charge in [0.1, 0.15) is 0 Å². The number of nitrogens with one attached hydrogen (secondary N) is 2. The fourth-order valence-corrected chi connectivity index (χ4v) is 5.74. The summed E-state index contributed by atoms with van der Waals surface area (Å²) in [6.07, 6.45) is 4.55. The Hall–Kier alpha value is -3.24. The molecule has 5 rings (SSSR count). The average Bonchev–Trinajstić information content (AvgIpc) is 3.52. The molecule has 0 spiro atoms. The van der Waals surface area contributed by atoms with Crippen LogP contribution in [0, 0.1) is 5.92 Å². The number of aromatic nitrogens is 1. The van der Waals surface area contributed by atoms with Crippen molar-refractivity contribution in [2.24, 2.45) is 5.92 Å².